The minimum atomic E-state index is -0.923. The number of methoxy groups -OCH3 is 1. The molecule has 8 rings (SSSR count). The molecular formula is C27H37N3O5. The molecule has 1 saturated heterocycles. The highest BCUT2D eigenvalue weighted by atomic mass is 16.6. The summed E-state index contributed by atoms with van der Waals surface area (Å²) in [6, 6.07) is 3.43. The van der Waals surface area contributed by atoms with Crippen LogP contribution in [0, 0.1) is 17.3 Å². The number of phenols is 1. The van der Waals surface area contributed by atoms with E-state index in [-0.39, 0.29) is 41.1 Å². The van der Waals surface area contributed by atoms with Gasteiger partial charge in [-0.3, -0.25) is 9.69 Å². The summed E-state index contributed by atoms with van der Waals surface area (Å²) in [5.41, 5.74) is 7.65. The van der Waals surface area contributed by atoms with Crippen LogP contribution in [-0.2, 0) is 21.4 Å². The zero-order chi connectivity index (χ0) is 24.2. The molecule has 4 bridgehead atoms. The van der Waals surface area contributed by atoms with Crippen LogP contribution in [0.4, 0.5) is 0 Å². The highest BCUT2D eigenvalue weighted by Crippen LogP contribution is 2.76. The van der Waals surface area contributed by atoms with Crippen molar-refractivity contribution in [2.75, 3.05) is 33.4 Å². The zero-order valence-corrected chi connectivity index (χ0v) is 20.5. The lowest BCUT2D eigenvalue weighted by Crippen LogP contribution is -2.81. The van der Waals surface area contributed by atoms with Crippen molar-refractivity contribution < 1.29 is 24.5 Å². The summed E-state index contributed by atoms with van der Waals surface area (Å²) in [6.07, 6.45) is 7.40. The van der Waals surface area contributed by atoms with Crippen molar-refractivity contribution in [3.8, 4) is 11.5 Å². The second-order valence-electron chi connectivity index (χ2n) is 12.1. The normalized spacial score (nSPS) is 41.3. The maximum absolute atomic E-state index is 12.5. The van der Waals surface area contributed by atoms with E-state index in [1.165, 1.54) is 30.5 Å². The number of ether oxygens (including phenoxy) is 2. The van der Waals surface area contributed by atoms with Crippen LogP contribution in [0.5, 0.6) is 11.5 Å². The van der Waals surface area contributed by atoms with Crippen molar-refractivity contribution in [2.24, 2.45) is 23.0 Å². The monoisotopic (exact) mass is 483 g/mol. The fourth-order valence-corrected chi connectivity index (χ4v) is 9.23. The van der Waals surface area contributed by atoms with Gasteiger partial charge in [0.05, 0.1) is 6.61 Å². The molecule has 2 spiro atoms. The van der Waals surface area contributed by atoms with Crippen molar-refractivity contribution >= 4 is 5.91 Å². The lowest BCUT2D eigenvalue weighted by molar-refractivity contribution is -0.276. The summed E-state index contributed by atoms with van der Waals surface area (Å²) in [5.74, 6) is 1.46. The molecule has 7 aliphatic rings. The number of rotatable bonds is 7. The van der Waals surface area contributed by atoms with Gasteiger partial charge in [0.15, 0.2) is 11.5 Å². The Bertz CT molecular complexity index is 1080. The fraction of sp³-hybridized carbons (Fsp3) is 0.741. The van der Waals surface area contributed by atoms with Gasteiger partial charge in [-0.2, -0.15) is 0 Å². The number of piperidine rings is 1. The molecule has 2 heterocycles. The molecule has 3 unspecified atom stereocenters. The third-order valence-electron chi connectivity index (χ3n) is 10.9. The van der Waals surface area contributed by atoms with Crippen LogP contribution in [-0.4, -0.2) is 78.2 Å². The van der Waals surface area contributed by atoms with Crippen LogP contribution >= 0.6 is 0 Å². The number of aromatic hydroxyl groups is 1. The van der Waals surface area contributed by atoms with Gasteiger partial charge >= 0.3 is 0 Å². The number of carbonyl (C=O) groups is 1. The van der Waals surface area contributed by atoms with Gasteiger partial charge in [-0.25, -0.2) is 0 Å². The first-order chi connectivity index (χ1) is 16.9. The number of nitrogens with two attached hydrogens (primary N) is 1. The Morgan fingerprint density at radius 2 is 2.17 bits per heavy atom. The van der Waals surface area contributed by atoms with Gasteiger partial charge in [0.1, 0.15) is 17.7 Å². The Morgan fingerprint density at radius 1 is 1.34 bits per heavy atom. The van der Waals surface area contributed by atoms with Crippen molar-refractivity contribution in [1.29, 1.82) is 0 Å². The number of carbonyl (C=O) groups excluding carboxylic acids is 1. The minimum Gasteiger partial charge on any atom is -0.504 e. The fourth-order valence-electron chi connectivity index (χ4n) is 9.23. The van der Waals surface area contributed by atoms with E-state index in [0.29, 0.717) is 18.3 Å². The van der Waals surface area contributed by atoms with E-state index < -0.39 is 11.6 Å². The summed E-state index contributed by atoms with van der Waals surface area (Å²) < 4.78 is 13.2. The van der Waals surface area contributed by atoms with E-state index in [1.54, 1.807) is 13.2 Å². The molecule has 0 radical (unpaired) electrons. The van der Waals surface area contributed by atoms with Crippen molar-refractivity contribution in [3.05, 3.63) is 23.3 Å². The molecule has 7 atom stereocenters. The second kappa shape index (κ2) is 7.34. The summed E-state index contributed by atoms with van der Waals surface area (Å²) >= 11 is 0. The molecule has 4 saturated carbocycles. The smallest absolute Gasteiger partial charge is 0.239 e. The first-order valence-corrected chi connectivity index (χ1v) is 13.4. The number of nitrogens with one attached hydrogen (secondary N) is 1. The number of fused-ring (bicyclic) bond motifs is 2. The number of nitrogens with zero attached hydrogens (tertiary/aromatic N) is 1. The molecule has 190 valence electrons. The quantitative estimate of drug-likeness (QED) is 0.458. The van der Waals surface area contributed by atoms with Gasteiger partial charge < -0.3 is 30.7 Å². The molecule has 35 heavy (non-hydrogen) atoms. The molecule has 8 heteroatoms. The van der Waals surface area contributed by atoms with Crippen molar-refractivity contribution in [2.45, 2.75) is 74.1 Å². The van der Waals surface area contributed by atoms with Gasteiger partial charge in [0.2, 0.25) is 5.91 Å². The molecule has 1 aromatic rings. The summed E-state index contributed by atoms with van der Waals surface area (Å²) in [5, 5.41) is 23.2. The lowest BCUT2D eigenvalue weighted by atomic mass is 9.35. The van der Waals surface area contributed by atoms with E-state index >= 15 is 0 Å². The largest absolute Gasteiger partial charge is 0.504 e. The molecule has 1 aromatic carbocycles. The number of phenolic OH excluding ortho intramolecular Hbond substituents is 1. The summed E-state index contributed by atoms with van der Waals surface area (Å²) in [7, 11) is 1.78. The van der Waals surface area contributed by atoms with Crippen LogP contribution in [0.15, 0.2) is 12.1 Å². The molecule has 5 N–H and O–H groups in total. The average molecular weight is 484 g/mol. The summed E-state index contributed by atoms with van der Waals surface area (Å²) in [6.45, 7) is 2.31. The molecule has 8 nitrogen and oxygen atoms in total. The molecular weight excluding hydrogens is 446 g/mol. The number of hydrogen-bond donors (Lipinski definition) is 4. The van der Waals surface area contributed by atoms with Crippen LogP contribution < -0.4 is 15.8 Å². The number of amides is 1. The third kappa shape index (κ3) is 2.64. The maximum Gasteiger partial charge on any atom is 0.239 e. The first kappa shape index (κ1) is 22.3. The minimum absolute atomic E-state index is 0.0195. The zero-order valence-electron chi connectivity index (χ0n) is 20.5. The van der Waals surface area contributed by atoms with Crippen molar-refractivity contribution in [3.63, 3.8) is 0 Å². The van der Waals surface area contributed by atoms with E-state index in [1.807, 2.05) is 0 Å². The number of aliphatic hydroxyl groups is 1. The average Bonchev–Trinajstić information content (AvgIpc) is 3.61. The number of hydrogen-bond acceptors (Lipinski definition) is 7. The molecule has 2 aliphatic heterocycles. The van der Waals surface area contributed by atoms with Gasteiger partial charge in [0, 0.05) is 48.6 Å². The Hall–Kier alpha value is -1.87. The van der Waals surface area contributed by atoms with Gasteiger partial charge in [-0.15, -0.1) is 0 Å². The topological polar surface area (TPSA) is 117 Å². The highest BCUT2D eigenvalue weighted by molar-refractivity contribution is 5.81. The lowest BCUT2D eigenvalue weighted by Gasteiger charge is -2.74. The van der Waals surface area contributed by atoms with E-state index in [4.69, 9.17) is 15.2 Å². The molecule has 1 amide bonds. The Balaban J connectivity index is 1.34. The van der Waals surface area contributed by atoms with Gasteiger partial charge in [-0.05, 0) is 69.0 Å². The van der Waals surface area contributed by atoms with Crippen LogP contribution in [0.25, 0.3) is 0 Å². The second-order valence-corrected chi connectivity index (χ2v) is 12.1. The molecule has 5 fully saturated rings. The molecule has 5 aliphatic carbocycles. The Labute approximate surface area is 206 Å². The molecule has 0 aromatic heterocycles. The van der Waals surface area contributed by atoms with E-state index in [0.717, 1.165) is 44.6 Å². The number of benzene rings is 1. The van der Waals surface area contributed by atoms with Crippen molar-refractivity contribution in [1.82, 2.24) is 10.2 Å². The third-order valence-corrected chi connectivity index (χ3v) is 10.9. The van der Waals surface area contributed by atoms with Gasteiger partial charge in [0.25, 0.3) is 0 Å². The Morgan fingerprint density at radius 3 is 2.91 bits per heavy atom. The standard InChI is InChI=1S/C27H37N3O5/c1-34-27-7-6-25(11-17(27)12-29-23(33)18(28)14-31)20-10-16-4-5-19(32)22-21(16)26(25,24(27)35-22)8-9-30(20)13-15-2-3-15/h4-5,15,17-18,20,24,31-32H,2-3,6-14,28H2,1H3,(H,29,33)/t17-,18?,20?,24-,25-,26?,27-/m1/s1. The van der Waals surface area contributed by atoms with E-state index in [2.05, 4.69) is 16.3 Å². The van der Waals surface area contributed by atoms with Gasteiger partial charge in [-0.1, -0.05) is 6.07 Å². The SMILES string of the molecule is CO[C@]12CC[C@@]3(C[C@@H]1CNC(=O)C(N)CO)C1Cc4ccc(O)c5c4C3(CCN1CC1CC1)[C@H]2O5. The highest BCUT2D eigenvalue weighted by Gasteiger charge is 2.80. The predicted octanol–water partition coefficient (Wildman–Crippen LogP) is 1.05. The van der Waals surface area contributed by atoms with Crippen LogP contribution in [0.1, 0.15) is 49.7 Å². The maximum atomic E-state index is 12.5. The number of aliphatic hydroxyl groups excluding tert-OH is 1. The predicted molar refractivity (Wildman–Crippen MR) is 128 cm³/mol. The van der Waals surface area contributed by atoms with E-state index in [9.17, 15) is 15.0 Å². The first-order valence-electron chi connectivity index (χ1n) is 13.4. The summed E-state index contributed by atoms with van der Waals surface area (Å²) in [4.78, 5) is 15.3. The van der Waals surface area contributed by atoms with Crippen LogP contribution in [0.3, 0.4) is 0 Å². The van der Waals surface area contributed by atoms with Crippen LogP contribution in [0.2, 0.25) is 0 Å². The Kier molecular flexibility index (Phi) is 4.68. The number of likely N-dealkylation sites (tertiary alicyclic amines) is 1.